The number of amides is 2. The largest absolute Gasteiger partial charge is 0.368 e. The summed E-state index contributed by atoms with van der Waals surface area (Å²) in [6.45, 7) is -0.242. The maximum absolute atomic E-state index is 11.3. The van der Waals surface area contributed by atoms with Crippen LogP contribution in [0.15, 0.2) is 23.1 Å². The van der Waals surface area contributed by atoms with Gasteiger partial charge in [-0.2, -0.15) is 0 Å². The Labute approximate surface area is 85.7 Å². The predicted octanol–water partition coefficient (Wildman–Crippen LogP) is -1.40. The van der Waals surface area contributed by atoms with E-state index in [2.05, 4.69) is 5.32 Å². The predicted molar refractivity (Wildman–Crippen MR) is 53.2 cm³/mol. The molecule has 2 amide bonds. The average molecular weight is 209 g/mol. The fraction of sp³-hybridized carbons (Fsp3) is 0.222. The molecule has 1 aromatic rings. The van der Waals surface area contributed by atoms with Gasteiger partial charge in [0.15, 0.2) is 0 Å². The van der Waals surface area contributed by atoms with Crippen molar-refractivity contribution in [3.63, 3.8) is 0 Å². The summed E-state index contributed by atoms with van der Waals surface area (Å²) in [6.07, 6.45) is 1.47. The monoisotopic (exact) mass is 209 g/mol. The normalized spacial score (nSPS) is 9.67. The number of carbonyl (C=O) groups excluding carboxylic acids is 2. The van der Waals surface area contributed by atoms with Crippen LogP contribution in [0.3, 0.4) is 0 Å². The molecule has 0 spiro atoms. The van der Waals surface area contributed by atoms with Crippen molar-refractivity contribution in [3.05, 3.63) is 34.2 Å². The molecule has 0 atom stereocenters. The van der Waals surface area contributed by atoms with E-state index in [-0.39, 0.29) is 17.7 Å². The molecule has 6 nitrogen and oxygen atoms in total. The molecule has 0 fully saturated rings. The standard InChI is InChI=1S/C9H11N3O3/c1-12-3-2-6(4-8(12)14)9(15)11-5-7(10)13/h2-4H,5H2,1H3,(H2,10,13)(H,11,15). The first-order chi connectivity index (χ1) is 7.00. The molecule has 0 unspecified atom stereocenters. The smallest absolute Gasteiger partial charge is 0.251 e. The number of hydrogen-bond donors (Lipinski definition) is 2. The van der Waals surface area contributed by atoms with E-state index < -0.39 is 11.8 Å². The van der Waals surface area contributed by atoms with Crippen LogP contribution in [0.5, 0.6) is 0 Å². The van der Waals surface area contributed by atoms with Crippen molar-refractivity contribution >= 4 is 11.8 Å². The number of pyridine rings is 1. The molecule has 0 aliphatic heterocycles. The zero-order chi connectivity index (χ0) is 11.4. The Balaban J connectivity index is 2.79. The van der Waals surface area contributed by atoms with Gasteiger partial charge in [-0.3, -0.25) is 14.4 Å². The number of aryl methyl sites for hydroxylation is 1. The second-order valence-electron chi connectivity index (χ2n) is 3.01. The van der Waals surface area contributed by atoms with Crippen LogP contribution >= 0.6 is 0 Å². The number of nitrogens with two attached hydrogens (primary N) is 1. The molecule has 0 bridgehead atoms. The average Bonchev–Trinajstić information content (AvgIpc) is 2.18. The van der Waals surface area contributed by atoms with Crippen LogP contribution in [0, 0.1) is 0 Å². The summed E-state index contributed by atoms with van der Waals surface area (Å²) < 4.78 is 1.34. The van der Waals surface area contributed by atoms with Crippen molar-refractivity contribution in [2.24, 2.45) is 12.8 Å². The third-order valence-corrected chi connectivity index (χ3v) is 1.79. The van der Waals surface area contributed by atoms with Gasteiger partial charge in [0.05, 0.1) is 6.54 Å². The Morgan fingerprint density at radius 1 is 1.53 bits per heavy atom. The molecule has 15 heavy (non-hydrogen) atoms. The second kappa shape index (κ2) is 4.41. The highest BCUT2D eigenvalue weighted by atomic mass is 16.2. The van der Waals surface area contributed by atoms with E-state index >= 15 is 0 Å². The van der Waals surface area contributed by atoms with Gasteiger partial charge in [-0.1, -0.05) is 0 Å². The maximum atomic E-state index is 11.3. The topological polar surface area (TPSA) is 94.2 Å². The second-order valence-corrected chi connectivity index (χ2v) is 3.01. The van der Waals surface area contributed by atoms with Crippen molar-refractivity contribution in [1.82, 2.24) is 9.88 Å². The number of carbonyl (C=O) groups is 2. The summed E-state index contributed by atoms with van der Waals surface area (Å²) in [5.74, 6) is -1.13. The van der Waals surface area contributed by atoms with Crippen LogP contribution in [0.4, 0.5) is 0 Å². The van der Waals surface area contributed by atoms with Crippen LogP contribution in [0.25, 0.3) is 0 Å². The summed E-state index contributed by atoms with van der Waals surface area (Å²) in [7, 11) is 1.58. The first-order valence-electron chi connectivity index (χ1n) is 4.24. The van der Waals surface area contributed by atoms with Crippen molar-refractivity contribution in [2.75, 3.05) is 6.54 Å². The van der Waals surface area contributed by atoms with Gasteiger partial charge in [-0.05, 0) is 6.07 Å². The summed E-state index contributed by atoms with van der Waals surface area (Å²) in [6, 6.07) is 2.67. The number of aromatic nitrogens is 1. The molecule has 0 aromatic carbocycles. The third kappa shape index (κ3) is 2.94. The van der Waals surface area contributed by atoms with Crippen LogP contribution in [-0.2, 0) is 11.8 Å². The number of hydrogen-bond acceptors (Lipinski definition) is 3. The Kier molecular flexibility index (Phi) is 3.22. The van der Waals surface area contributed by atoms with Gasteiger partial charge >= 0.3 is 0 Å². The lowest BCUT2D eigenvalue weighted by molar-refractivity contribution is -0.117. The maximum Gasteiger partial charge on any atom is 0.251 e. The van der Waals surface area contributed by atoms with Crippen molar-refractivity contribution in [3.8, 4) is 0 Å². The minimum Gasteiger partial charge on any atom is -0.368 e. The molecule has 80 valence electrons. The van der Waals surface area contributed by atoms with Crippen molar-refractivity contribution < 1.29 is 9.59 Å². The zero-order valence-electron chi connectivity index (χ0n) is 8.19. The molecule has 0 aliphatic carbocycles. The number of nitrogens with one attached hydrogen (secondary N) is 1. The fourth-order valence-corrected chi connectivity index (χ4v) is 0.959. The Hall–Kier alpha value is -2.11. The number of nitrogens with zero attached hydrogens (tertiary/aromatic N) is 1. The summed E-state index contributed by atoms with van der Waals surface area (Å²) in [5.41, 5.74) is 4.77. The van der Waals surface area contributed by atoms with Crippen LogP contribution in [0.2, 0.25) is 0 Å². The van der Waals surface area contributed by atoms with Crippen molar-refractivity contribution in [1.29, 1.82) is 0 Å². The molecular weight excluding hydrogens is 198 g/mol. The van der Waals surface area contributed by atoms with E-state index in [0.717, 1.165) is 0 Å². The van der Waals surface area contributed by atoms with Gasteiger partial charge < -0.3 is 15.6 Å². The highest BCUT2D eigenvalue weighted by molar-refractivity contribution is 5.96. The molecule has 3 N–H and O–H groups in total. The Morgan fingerprint density at radius 3 is 2.73 bits per heavy atom. The first-order valence-corrected chi connectivity index (χ1v) is 4.24. The highest BCUT2D eigenvalue weighted by Crippen LogP contribution is 1.93. The molecule has 1 rings (SSSR count). The van der Waals surface area contributed by atoms with Crippen LogP contribution in [-0.4, -0.2) is 22.9 Å². The summed E-state index contributed by atoms with van der Waals surface area (Å²) >= 11 is 0. The minimum atomic E-state index is -0.632. The molecule has 0 saturated heterocycles. The molecule has 1 heterocycles. The molecular formula is C9H11N3O3. The summed E-state index contributed by atoms with van der Waals surface area (Å²) in [4.78, 5) is 32.9. The van der Waals surface area contributed by atoms with Crippen molar-refractivity contribution in [2.45, 2.75) is 0 Å². The molecule has 1 aromatic heterocycles. The van der Waals surface area contributed by atoms with Crippen LogP contribution < -0.4 is 16.6 Å². The lowest BCUT2D eigenvalue weighted by atomic mass is 10.2. The van der Waals surface area contributed by atoms with E-state index in [9.17, 15) is 14.4 Å². The van der Waals surface area contributed by atoms with E-state index in [1.165, 1.54) is 22.9 Å². The van der Waals surface area contributed by atoms with Gasteiger partial charge in [-0.15, -0.1) is 0 Å². The Morgan fingerprint density at radius 2 is 2.20 bits per heavy atom. The minimum absolute atomic E-state index is 0.208. The van der Waals surface area contributed by atoms with Gasteiger partial charge in [-0.25, -0.2) is 0 Å². The third-order valence-electron chi connectivity index (χ3n) is 1.79. The van der Waals surface area contributed by atoms with Gasteiger partial charge in [0, 0.05) is 24.9 Å². The fourth-order valence-electron chi connectivity index (χ4n) is 0.959. The van der Waals surface area contributed by atoms with E-state index in [1.807, 2.05) is 0 Å². The number of rotatable bonds is 3. The number of primary amides is 1. The molecule has 0 saturated carbocycles. The first kappa shape index (κ1) is 11.0. The van der Waals surface area contributed by atoms with E-state index in [4.69, 9.17) is 5.73 Å². The van der Waals surface area contributed by atoms with E-state index in [1.54, 1.807) is 7.05 Å². The lowest BCUT2D eigenvalue weighted by Gasteiger charge is -2.03. The molecule has 6 heteroatoms. The molecule has 0 aliphatic rings. The Bertz CT molecular complexity index is 450. The quantitative estimate of drug-likeness (QED) is 0.641. The van der Waals surface area contributed by atoms with Gasteiger partial charge in [0.1, 0.15) is 0 Å². The highest BCUT2D eigenvalue weighted by Gasteiger charge is 2.06. The molecule has 0 radical (unpaired) electrons. The SMILES string of the molecule is Cn1ccc(C(=O)NCC(N)=O)cc1=O. The van der Waals surface area contributed by atoms with Crippen LogP contribution in [0.1, 0.15) is 10.4 Å². The van der Waals surface area contributed by atoms with Gasteiger partial charge in [0.25, 0.3) is 11.5 Å². The van der Waals surface area contributed by atoms with Gasteiger partial charge in [0.2, 0.25) is 5.91 Å². The zero-order valence-corrected chi connectivity index (χ0v) is 8.19. The lowest BCUT2D eigenvalue weighted by Crippen LogP contribution is -2.34. The van der Waals surface area contributed by atoms with E-state index in [0.29, 0.717) is 0 Å². The summed E-state index contributed by atoms with van der Waals surface area (Å²) in [5, 5.41) is 2.28.